The van der Waals surface area contributed by atoms with E-state index in [2.05, 4.69) is 39.6 Å². The Bertz CT molecular complexity index is 260. The molecule has 1 saturated heterocycles. The number of thiocarbonyl (C=S) groups is 1. The summed E-state index contributed by atoms with van der Waals surface area (Å²) in [6.07, 6.45) is 1.88. The van der Waals surface area contributed by atoms with Crippen molar-refractivity contribution in [2.45, 2.75) is 46.1 Å². The van der Waals surface area contributed by atoms with Crippen LogP contribution in [0.2, 0.25) is 0 Å². The van der Waals surface area contributed by atoms with Gasteiger partial charge in [0.15, 0.2) is 0 Å². The minimum absolute atomic E-state index is 0.152. The molecule has 0 bridgehead atoms. The van der Waals surface area contributed by atoms with Gasteiger partial charge in [-0.1, -0.05) is 33.0 Å². The van der Waals surface area contributed by atoms with E-state index in [-0.39, 0.29) is 11.0 Å². The summed E-state index contributed by atoms with van der Waals surface area (Å²) >= 11 is 5.40. The van der Waals surface area contributed by atoms with E-state index in [0.29, 0.717) is 5.92 Å². The topological polar surface area (TPSA) is 29.3 Å². The average Bonchev–Trinajstić information content (AvgIpc) is 2.07. The Morgan fingerprint density at radius 1 is 1.40 bits per heavy atom. The number of rotatable bonds is 1. The predicted molar refractivity (Wildman–Crippen MR) is 70.0 cm³/mol. The van der Waals surface area contributed by atoms with E-state index >= 15 is 0 Å². The molecule has 2 unspecified atom stereocenters. The summed E-state index contributed by atoms with van der Waals surface area (Å²) < 4.78 is 0. The van der Waals surface area contributed by atoms with Crippen LogP contribution in [0.25, 0.3) is 0 Å². The Balaban J connectivity index is 2.98. The molecule has 1 fully saturated rings. The summed E-state index contributed by atoms with van der Waals surface area (Å²) in [5, 5.41) is 0. The average molecular weight is 228 g/mol. The van der Waals surface area contributed by atoms with E-state index in [0.717, 1.165) is 24.4 Å². The van der Waals surface area contributed by atoms with Crippen LogP contribution in [-0.2, 0) is 0 Å². The van der Waals surface area contributed by atoms with Gasteiger partial charge in [-0.05, 0) is 24.7 Å². The fraction of sp³-hybridized carbons (Fsp3) is 0.917. The monoisotopic (exact) mass is 228 g/mol. The van der Waals surface area contributed by atoms with E-state index in [1.807, 2.05) is 0 Å². The Hall–Kier alpha value is -0.150. The van der Waals surface area contributed by atoms with Gasteiger partial charge >= 0.3 is 0 Å². The highest BCUT2D eigenvalue weighted by Crippen LogP contribution is 2.39. The largest absolute Gasteiger partial charge is 0.369 e. The van der Waals surface area contributed by atoms with Crippen LogP contribution >= 0.6 is 12.2 Å². The van der Waals surface area contributed by atoms with Gasteiger partial charge in [0, 0.05) is 25.6 Å². The van der Waals surface area contributed by atoms with Crippen LogP contribution in [0.4, 0.5) is 0 Å². The zero-order valence-corrected chi connectivity index (χ0v) is 11.4. The van der Waals surface area contributed by atoms with Gasteiger partial charge in [0.05, 0.1) is 4.99 Å². The summed E-state index contributed by atoms with van der Waals surface area (Å²) in [4.78, 5) is 3.21. The SMILES string of the molecule is CC(C)C1(C)CN(C)C(=S)CC(C)(N)C1. The van der Waals surface area contributed by atoms with Gasteiger partial charge in [0.1, 0.15) is 0 Å². The molecule has 1 heterocycles. The molecular formula is C12H24N2S. The standard InChI is InChI=1S/C12H24N2S/c1-9(2)11(3)7-12(4,13)6-10(15)14(5)8-11/h9H,6-8,13H2,1-5H3. The van der Waals surface area contributed by atoms with Crippen molar-refractivity contribution in [2.24, 2.45) is 17.1 Å². The van der Waals surface area contributed by atoms with Gasteiger partial charge in [0.2, 0.25) is 0 Å². The maximum absolute atomic E-state index is 6.33. The minimum Gasteiger partial charge on any atom is -0.369 e. The van der Waals surface area contributed by atoms with Crippen molar-refractivity contribution in [1.82, 2.24) is 4.90 Å². The summed E-state index contributed by atoms with van der Waals surface area (Å²) in [6.45, 7) is 10.0. The third-order valence-electron chi connectivity index (χ3n) is 3.78. The molecule has 0 spiro atoms. The molecule has 0 amide bonds. The molecule has 3 heteroatoms. The first-order valence-corrected chi connectivity index (χ1v) is 6.10. The molecule has 0 aliphatic carbocycles. The molecule has 2 nitrogen and oxygen atoms in total. The van der Waals surface area contributed by atoms with E-state index in [1.165, 1.54) is 0 Å². The highest BCUT2D eigenvalue weighted by atomic mass is 32.1. The summed E-state index contributed by atoms with van der Waals surface area (Å²) in [6, 6.07) is 0. The molecule has 0 radical (unpaired) electrons. The van der Waals surface area contributed by atoms with Gasteiger partial charge in [-0.25, -0.2) is 0 Å². The zero-order valence-electron chi connectivity index (χ0n) is 10.6. The van der Waals surface area contributed by atoms with Crippen molar-refractivity contribution in [3.63, 3.8) is 0 Å². The molecule has 88 valence electrons. The number of nitrogens with two attached hydrogens (primary N) is 1. The van der Waals surface area contributed by atoms with Gasteiger partial charge in [0.25, 0.3) is 0 Å². The van der Waals surface area contributed by atoms with Gasteiger partial charge in [-0.15, -0.1) is 0 Å². The van der Waals surface area contributed by atoms with Crippen LogP contribution in [0.1, 0.15) is 40.5 Å². The Morgan fingerprint density at radius 3 is 2.40 bits per heavy atom. The molecule has 2 atom stereocenters. The van der Waals surface area contributed by atoms with E-state index < -0.39 is 0 Å². The lowest BCUT2D eigenvalue weighted by atomic mass is 9.71. The van der Waals surface area contributed by atoms with Crippen molar-refractivity contribution in [2.75, 3.05) is 13.6 Å². The molecule has 15 heavy (non-hydrogen) atoms. The van der Waals surface area contributed by atoms with Crippen LogP contribution < -0.4 is 5.73 Å². The predicted octanol–water partition coefficient (Wildman–Crippen LogP) is 2.42. The molecule has 0 saturated carbocycles. The molecule has 0 aromatic rings. The van der Waals surface area contributed by atoms with Crippen LogP contribution in [0.5, 0.6) is 0 Å². The van der Waals surface area contributed by atoms with Crippen molar-refractivity contribution >= 4 is 17.2 Å². The van der Waals surface area contributed by atoms with Crippen LogP contribution in [0.3, 0.4) is 0 Å². The Kier molecular flexibility index (Phi) is 3.46. The lowest BCUT2D eigenvalue weighted by Gasteiger charge is -2.38. The number of hydrogen-bond donors (Lipinski definition) is 1. The van der Waals surface area contributed by atoms with Crippen LogP contribution in [0, 0.1) is 11.3 Å². The Labute approximate surface area is 99.2 Å². The second kappa shape index (κ2) is 4.02. The third kappa shape index (κ3) is 2.91. The highest BCUT2D eigenvalue weighted by Gasteiger charge is 2.40. The maximum Gasteiger partial charge on any atom is 0.0795 e. The first-order valence-electron chi connectivity index (χ1n) is 5.69. The van der Waals surface area contributed by atoms with E-state index in [1.54, 1.807) is 0 Å². The molecule has 1 aliphatic rings. The second-order valence-corrected chi connectivity index (χ2v) is 6.54. The summed E-state index contributed by atoms with van der Waals surface area (Å²) in [5.74, 6) is 0.628. The van der Waals surface area contributed by atoms with Crippen molar-refractivity contribution in [3.8, 4) is 0 Å². The fourth-order valence-corrected chi connectivity index (χ4v) is 2.93. The first-order chi connectivity index (χ1) is 6.66. The fourth-order valence-electron chi connectivity index (χ4n) is 2.54. The minimum atomic E-state index is -0.152. The molecule has 1 rings (SSSR count). The first kappa shape index (κ1) is 12.9. The molecule has 2 N–H and O–H groups in total. The lowest BCUT2D eigenvalue weighted by Crippen LogP contribution is -2.43. The normalized spacial score (nSPS) is 38.3. The quantitative estimate of drug-likeness (QED) is 0.699. The number of likely N-dealkylation sites (tertiary alicyclic amines) is 1. The smallest absolute Gasteiger partial charge is 0.0795 e. The van der Waals surface area contributed by atoms with E-state index in [9.17, 15) is 0 Å². The molecule has 0 aromatic carbocycles. The molecule has 1 aliphatic heterocycles. The highest BCUT2D eigenvalue weighted by molar-refractivity contribution is 7.80. The van der Waals surface area contributed by atoms with Crippen molar-refractivity contribution < 1.29 is 0 Å². The van der Waals surface area contributed by atoms with Gasteiger partial charge < -0.3 is 10.6 Å². The van der Waals surface area contributed by atoms with Crippen molar-refractivity contribution in [3.05, 3.63) is 0 Å². The van der Waals surface area contributed by atoms with Gasteiger partial charge in [-0.3, -0.25) is 0 Å². The zero-order chi connectivity index (χ0) is 11.9. The number of nitrogens with zero attached hydrogens (tertiary/aromatic N) is 1. The molecule has 0 aromatic heterocycles. The Morgan fingerprint density at radius 2 is 1.93 bits per heavy atom. The van der Waals surface area contributed by atoms with E-state index in [4.69, 9.17) is 18.0 Å². The van der Waals surface area contributed by atoms with Gasteiger partial charge in [-0.2, -0.15) is 0 Å². The number of hydrogen-bond acceptors (Lipinski definition) is 2. The molecular weight excluding hydrogens is 204 g/mol. The van der Waals surface area contributed by atoms with Crippen molar-refractivity contribution in [1.29, 1.82) is 0 Å². The van der Waals surface area contributed by atoms with Crippen LogP contribution in [-0.4, -0.2) is 29.0 Å². The lowest BCUT2D eigenvalue weighted by molar-refractivity contribution is 0.139. The second-order valence-electron chi connectivity index (χ2n) is 6.07. The van der Waals surface area contributed by atoms with Crippen LogP contribution in [0.15, 0.2) is 0 Å². The third-order valence-corrected chi connectivity index (χ3v) is 4.24. The summed E-state index contributed by atoms with van der Waals surface area (Å²) in [5.41, 5.74) is 6.44. The summed E-state index contributed by atoms with van der Waals surface area (Å²) in [7, 11) is 2.09. The maximum atomic E-state index is 6.33.